The summed E-state index contributed by atoms with van der Waals surface area (Å²) in [5.41, 5.74) is 0.942. The van der Waals surface area contributed by atoms with E-state index in [4.69, 9.17) is 9.47 Å². The molecule has 3 heterocycles. The molecule has 2 aromatic rings. The van der Waals surface area contributed by atoms with E-state index >= 15 is 0 Å². The van der Waals surface area contributed by atoms with Crippen LogP contribution >= 0.6 is 23.7 Å². The van der Waals surface area contributed by atoms with Crippen LogP contribution in [-0.4, -0.2) is 48.3 Å². The molecule has 1 N–H and O–H groups in total. The van der Waals surface area contributed by atoms with Crippen LogP contribution in [-0.2, 0) is 0 Å². The van der Waals surface area contributed by atoms with Gasteiger partial charge < -0.3 is 19.7 Å². The van der Waals surface area contributed by atoms with Gasteiger partial charge >= 0.3 is 0 Å². The highest BCUT2D eigenvalue weighted by Gasteiger charge is 2.28. The molecule has 140 valence electrons. The van der Waals surface area contributed by atoms with E-state index in [2.05, 4.69) is 17.2 Å². The van der Waals surface area contributed by atoms with Gasteiger partial charge in [0.1, 0.15) is 9.88 Å². The number of hydrogen-bond donors (Lipinski definition) is 1. The number of ether oxygens (including phenoxy) is 2. The van der Waals surface area contributed by atoms with Crippen molar-refractivity contribution in [2.75, 3.05) is 26.4 Å². The molecule has 1 unspecified atom stereocenters. The summed E-state index contributed by atoms with van der Waals surface area (Å²) in [6.45, 7) is 4.99. The molecule has 4 rings (SSSR count). The molecule has 0 bridgehead atoms. The Balaban J connectivity index is 0.00000196. The van der Waals surface area contributed by atoms with Crippen molar-refractivity contribution >= 4 is 29.7 Å². The van der Waals surface area contributed by atoms with Crippen molar-refractivity contribution in [3.05, 3.63) is 29.3 Å². The predicted octanol–water partition coefficient (Wildman–Crippen LogP) is 3.17. The first kappa shape index (κ1) is 18.9. The molecule has 1 aromatic heterocycles. The summed E-state index contributed by atoms with van der Waals surface area (Å²) in [4.78, 5) is 20.1. The Bertz CT molecular complexity index is 777. The van der Waals surface area contributed by atoms with Crippen molar-refractivity contribution < 1.29 is 14.3 Å². The van der Waals surface area contributed by atoms with Crippen molar-refractivity contribution in [3.8, 4) is 22.1 Å². The Morgan fingerprint density at radius 3 is 3.00 bits per heavy atom. The first-order chi connectivity index (χ1) is 12.3. The second-order valence-corrected chi connectivity index (χ2v) is 7.27. The van der Waals surface area contributed by atoms with Gasteiger partial charge in [0.05, 0.1) is 6.20 Å². The normalized spacial score (nSPS) is 17.8. The summed E-state index contributed by atoms with van der Waals surface area (Å²) >= 11 is 1.43. The van der Waals surface area contributed by atoms with Gasteiger partial charge in [-0.3, -0.25) is 4.79 Å². The quantitative estimate of drug-likeness (QED) is 0.842. The minimum absolute atomic E-state index is 0. The van der Waals surface area contributed by atoms with Crippen molar-refractivity contribution in [2.45, 2.75) is 25.8 Å². The largest absolute Gasteiger partial charge is 0.454 e. The van der Waals surface area contributed by atoms with Crippen molar-refractivity contribution in [1.29, 1.82) is 0 Å². The number of nitrogens with one attached hydrogen (secondary N) is 1. The SMILES string of the molecule is CCCN(C(=O)c1cnc(-c2ccc3c(c2)OCO3)s1)C1CCNC1.Cl. The molecule has 1 aromatic carbocycles. The zero-order valence-electron chi connectivity index (χ0n) is 14.6. The van der Waals surface area contributed by atoms with Crippen molar-refractivity contribution in [1.82, 2.24) is 15.2 Å². The van der Waals surface area contributed by atoms with Gasteiger partial charge in [0, 0.05) is 24.7 Å². The van der Waals surface area contributed by atoms with E-state index in [1.807, 2.05) is 23.1 Å². The number of hydrogen-bond acceptors (Lipinski definition) is 6. The zero-order chi connectivity index (χ0) is 17.2. The lowest BCUT2D eigenvalue weighted by Crippen LogP contribution is -2.41. The number of aromatic nitrogens is 1. The number of rotatable bonds is 5. The van der Waals surface area contributed by atoms with Gasteiger partial charge in [-0.2, -0.15) is 0 Å². The second-order valence-electron chi connectivity index (χ2n) is 6.24. The highest BCUT2D eigenvalue weighted by molar-refractivity contribution is 7.16. The van der Waals surface area contributed by atoms with Crippen LogP contribution in [0.4, 0.5) is 0 Å². The van der Waals surface area contributed by atoms with E-state index in [0.29, 0.717) is 4.88 Å². The van der Waals surface area contributed by atoms with Gasteiger partial charge in [-0.1, -0.05) is 6.92 Å². The lowest BCUT2D eigenvalue weighted by Gasteiger charge is -2.27. The van der Waals surface area contributed by atoms with Gasteiger partial charge in [-0.15, -0.1) is 23.7 Å². The topological polar surface area (TPSA) is 63.7 Å². The molecule has 0 radical (unpaired) electrons. The highest BCUT2D eigenvalue weighted by atomic mass is 35.5. The van der Waals surface area contributed by atoms with Gasteiger partial charge in [0.15, 0.2) is 11.5 Å². The highest BCUT2D eigenvalue weighted by Crippen LogP contribution is 2.37. The van der Waals surface area contributed by atoms with Gasteiger partial charge in [0.25, 0.3) is 5.91 Å². The van der Waals surface area contributed by atoms with Crippen LogP contribution in [0.25, 0.3) is 10.6 Å². The third-order valence-corrected chi connectivity index (χ3v) is 5.57. The van der Waals surface area contributed by atoms with Crippen LogP contribution in [0.1, 0.15) is 29.4 Å². The number of carbonyl (C=O) groups is 1. The summed E-state index contributed by atoms with van der Waals surface area (Å²) < 4.78 is 10.8. The fraction of sp³-hybridized carbons (Fsp3) is 0.444. The molecular formula is C18H22ClN3O3S. The van der Waals surface area contributed by atoms with Crippen molar-refractivity contribution in [3.63, 3.8) is 0 Å². The number of halogens is 1. The molecule has 0 aliphatic carbocycles. The molecule has 1 atom stereocenters. The number of nitrogens with zero attached hydrogens (tertiary/aromatic N) is 2. The number of carbonyl (C=O) groups excluding carboxylic acids is 1. The Labute approximate surface area is 162 Å². The number of amides is 1. The van der Waals surface area contributed by atoms with E-state index in [-0.39, 0.29) is 31.1 Å². The minimum Gasteiger partial charge on any atom is -0.454 e. The maximum atomic E-state index is 13.0. The minimum atomic E-state index is 0. The lowest BCUT2D eigenvalue weighted by atomic mass is 10.2. The summed E-state index contributed by atoms with van der Waals surface area (Å²) in [6.07, 6.45) is 3.66. The van der Waals surface area contributed by atoms with E-state index in [9.17, 15) is 4.79 Å². The molecule has 8 heteroatoms. The molecule has 2 aliphatic rings. The molecule has 0 saturated carbocycles. The predicted molar refractivity (Wildman–Crippen MR) is 104 cm³/mol. The van der Waals surface area contributed by atoms with Crippen LogP contribution in [0.2, 0.25) is 0 Å². The van der Waals surface area contributed by atoms with Crippen LogP contribution in [0, 0.1) is 0 Å². The third-order valence-electron chi connectivity index (χ3n) is 4.54. The summed E-state index contributed by atoms with van der Waals surface area (Å²) in [5.74, 6) is 1.56. The standard InChI is InChI=1S/C18H21N3O3S.ClH/c1-2-7-21(13-5-6-19-9-13)18(22)16-10-20-17(25-16)12-3-4-14-15(8-12)24-11-23-14;/h3-4,8,10,13,19H,2,5-7,9,11H2,1H3;1H. The first-order valence-electron chi connectivity index (χ1n) is 8.64. The van der Waals surface area contributed by atoms with Crippen LogP contribution < -0.4 is 14.8 Å². The average molecular weight is 396 g/mol. The van der Waals surface area contributed by atoms with E-state index in [1.165, 1.54) is 11.3 Å². The molecule has 26 heavy (non-hydrogen) atoms. The number of thiazole rings is 1. The fourth-order valence-electron chi connectivity index (χ4n) is 3.27. The molecule has 2 aliphatic heterocycles. The molecule has 1 fully saturated rings. The Kier molecular flexibility index (Phi) is 6.01. The van der Waals surface area contributed by atoms with Gasteiger partial charge in [-0.25, -0.2) is 4.98 Å². The number of benzene rings is 1. The summed E-state index contributed by atoms with van der Waals surface area (Å²) in [6, 6.07) is 6.03. The summed E-state index contributed by atoms with van der Waals surface area (Å²) in [5, 5.41) is 4.16. The van der Waals surface area contributed by atoms with Crippen LogP contribution in [0.5, 0.6) is 11.5 Å². The monoisotopic (exact) mass is 395 g/mol. The molecular weight excluding hydrogens is 374 g/mol. The lowest BCUT2D eigenvalue weighted by molar-refractivity contribution is 0.0697. The van der Waals surface area contributed by atoms with Crippen LogP contribution in [0.3, 0.4) is 0 Å². The average Bonchev–Trinajstić information content (AvgIpc) is 3.39. The summed E-state index contributed by atoms with van der Waals surface area (Å²) in [7, 11) is 0. The van der Waals surface area contributed by atoms with E-state index < -0.39 is 0 Å². The smallest absolute Gasteiger partial charge is 0.265 e. The molecule has 0 spiro atoms. The van der Waals surface area contributed by atoms with Crippen molar-refractivity contribution in [2.24, 2.45) is 0 Å². The van der Waals surface area contributed by atoms with Crippen LogP contribution in [0.15, 0.2) is 24.4 Å². The third kappa shape index (κ3) is 3.65. The Hall–Kier alpha value is -1.83. The second kappa shape index (κ2) is 8.24. The van der Waals surface area contributed by atoms with E-state index in [0.717, 1.165) is 54.5 Å². The molecule has 1 saturated heterocycles. The Morgan fingerprint density at radius 1 is 1.38 bits per heavy atom. The Morgan fingerprint density at radius 2 is 2.23 bits per heavy atom. The first-order valence-corrected chi connectivity index (χ1v) is 9.45. The molecule has 1 amide bonds. The van der Waals surface area contributed by atoms with E-state index in [1.54, 1.807) is 6.20 Å². The fourth-order valence-corrected chi connectivity index (χ4v) is 4.14. The van der Waals surface area contributed by atoms with Gasteiger partial charge in [-0.05, 0) is 37.6 Å². The van der Waals surface area contributed by atoms with Gasteiger partial charge in [0.2, 0.25) is 6.79 Å². The maximum absolute atomic E-state index is 13.0. The number of fused-ring (bicyclic) bond motifs is 1. The zero-order valence-corrected chi connectivity index (χ0v) is 16.2. The molecule has 6 nitrogen and oxygen atoms in total. The maximum Gasteiger partial charge on any atom is 0.265 e.